The summed E-state index contributed by atoms with van der Waals surface area (Å²) in [5.41, 5.74) is 4.94. The first kappa shape index (κ1) is 18.7. The van der Waals surface area contributed by atoms with Crippen LogP contribution in [0.5, 0.6) is 5.75 Å². The summed E-state index contributed by atoms with van der Waals surface area (Å²) in [6.45, 7) is 4.36. The lowest BCUT2D eigenvalue weighted by Gasteiger charge is -2.30. The van der Waals surface area contributed by atoms with E-state index >= 15 is 0 Å². The summed E-state index contributed by atoms with van der Waals surface area (Å²) < 4.78 is 5.57. The zero-order valence-corrected chi connectivity index (χ0v) is 16.4. The van der Waals surface area contributed by atoms with Gasteiger partial charge in [-0.05, 0) is 54.8 Å². The number of ether oxygens (including phenoxy) is 1. The molecule has 5 heteroatoms. The molecule has 0 bridgehead atoms. The highest BCUT2D eigenvalue weighted by Crippen LogP contribution is 2.34. The van der Waals surface area contributed by atoms with Crippen LogP contribution in [0, 0.1) is 13.8 Å². The first-order chi connectivity index (χ1) is 14.0. The predicted octanol–water partition coefficient (Wildman–Crippen LogP) is 4.48. The van der Waals surface area contributed by atoms with Gasteiger partial charge in [0.05, 0.1) is 12.2 Å². The van der Waals surface area contributed by atoms with E-state index in [1.807, 2.05) is 62.4 Å². The lowest BCUT2D eigenvalue weighted by molar-refractivity contribution is -0.121. The van der Waals surface area contributed by atoms with Crippen molar-refractivity contribution in [2.45, 2.75) is 20.4 Å². The van der Waals surface area contributed by atoms with E-state index in [1.165, 1.54) is 0 Å². The summed E-state index contributed by atoms with van der Waals surface area (Å²) in [7, 11) is 0. The summed E-state index contributed by atoms with van der Waals surface area (Å²) in [5, 5.41) is 2.97. The van der Waals surface area contributed by atoms with Crippen LogP contribution in [-0.4, -0.2) is 18.4 Å². The van der Waals surface area contributed by atoms with E-state index in [1.54, 1.807) is 23.1 Å². The van der Waals surface area contributed by atoms with E-state index in [0.29, 0.717) is 23.5 Å². The van der Waals surface area contributed by atoms with Crippen LogP contribution in [0.25, 0.3) is 0 Å². The Kier molecular flexibility index (Phi) is 5.04. The van der Waals surface area contributed by atoms with Gasteiger partial charge in [0.1, 0.15) is 5.75 Å². The number of hydrogen-bond donors (Lipinski definition) is 1. The van der Waals surface area contributed by atoms with Crippen molar-refractivity contribution in [1.29, 1.82) is 0 Å². The molecule has 0 aliphatic carbocycles. The standard InChI is InChI=1S/C24H22N2O3/c1-16-8-9-17(2)20(12-16)25-24(28)19-10-11-22-21(13-19)26(23(27)15-29-22)14-18-6-4-3-5-7-18/h3-13H,14-15H2,1-2H3,(H,25,28). The van der Waals surface area contributed by atoms with Gasteiger partial charge < -0.3 is 15.0 Å². The van der Waals surface area contributed by atoms with Gasteiger partial charge in [-0.2, -0.15) is 0 Å². The molecule has 0 fully saturated rings. The van der Waals surface area contributed by atoms with Gasteiger partial charge in [-0.15, -0.1) is 0 Å². The minimum absolute atomic E-state index is 0.00609. The molecule has 1 heterocycles. The molecule has 3 aromatic rings. The van der Waals surface area contributed by atoms with E-state index < -0.39 is 0 Å². The Morgan fingerprint density at radius 1 is 1.03 bits per heavy atom. The SMILES string of the molecule is Cc1ccc(C)c(NC(=O)c2ccc3c(c2)N(Cc2ccccc2)C(=O)CO3)c1. The molecule has 5 nitrogen and oxygen atoms in total. The Hall–Kier alpha value is -3.60. The van der Waals surface area contributed by atoms with Crippen molar-refractivity contribution in [2.75, 3.05) is 16.8 Å². The third-order valence-electron chi connectivity index (χ3n) is 4.99. The van der Waals surface area contributed by atoms with Crippen molar-refractivity contribution in [3.8, 4) is 5.75 Å². The van der Waals surface area contributed by atoms with Gasteiger partial charge in [-0.25, -0.2) is 0 Å². The molecular formula is C24H22N2O3. The van der Waals surface area contributed by atoms with Crippen LogP contribution < -0.4 is 15.0 Å². The minimum Gasteiger partial charge on any atom is -0.482 e. The van der Waals surface area contributed by atoms with Gasteiger partial charge in [0, 0.05) is 11.3 Å². The van der Waals surface area contributed by atoms with Gasteiger partial charge in [-0.1, -0.05) is 42.5 Å². The molecule has 0 spiro atoms. The number of anilines is 2. The lowest BCUT2D eigenvalue weighted by atomic mass is 10.1. The third kappa shape index (κ3) is 3.99. The van der Waals surface area contributed by atoms with Crippen molar-refractivity contribution >= 4 is 23.2 Å². The number of nitrogens with zero attached hydrogens (tertiary/aromatic N) is 1. The number of hydrogen-bond acceptors (Lipinski definition) is 3. The Morgan fingerprint density at radius 3 is 2.62 bits per heavy atom. The van der Waals surface area contributed by atoms with Crippen LogP contribution in [-0.2, 0) is 11.3 Å². The van der Waals surface area contributed by atoms with Gasteiger partial charge in [0.15, 0.2) is 6.61 Å². The van der Waals surface area contributed by atoms with Crippen LogP contribution in [0.3, 0.4) is 0 Å². The number of nitrogens with one attached hydrogen (secondary N) is 1. The lowest BCUT2D eigenvalue weighted by Crippen LogP contribution is -2.38. The number of benzene rings is 3. The summed E-state index contributed by atoms with van der Waals surface area (Å²) in [4.78, 5) is 27.0. The number of aryl methyl sites for hydroxylation is 2. The zero-order valence-electron chi connectivity index (χ0n) is 16.4. The molecule has 1 aliphatic heterocycles. The molecule has 0 aromatic heterocycles. The predicted molar refractivity (Wildman–Crippen MR) is 113 cm³/mol. The Balaban J connectivity index is 1.63. The van der Waals surface area contributed by atoms with Gasteiger partial charge in [-0.3, -0.25) is 9.59 Å². The summed E-state index contributed by atoms with van der Waals surface area (Å²) in [5.74, 6) is 0.247. The second-order valence-corrected chi connectivity index (χ2v) is 7.21. The van der Waals surface area contributed by atoms with E-state index in [0.717, 1.165) is 22.4 Å². The van der Waals surface area contributed by atoms with Crippen molar-refractivity contribution in [1.82, 2.24) is 0 Å². The second kappa shape index (κ2) is 7.80. The molecule has 146 valence electrons. The minimum atomic E-state index is -0.223. The summed E-state index contributed by atoms with van der Waals surface area (Å²) >= 11 is 0. The highest BCUT2D eigenvalue weighted by Gasteiger charge is 2.26. The molecule has 0 radical (unpaired) electrons. The van der Waals surface area contributed by atoms with Crippen LogP contribution >= 0.6 is 0 Å². The fraction of sp³-hybridized carbons (Fsp3) is 0.167. The zero-order chi connectivity index (χ0) is 20.4. The first-order valence-corrected chi connectivity index (χ1v) is 9.51. The van der Waals surface area contributed by atoms with E-state index in [-0.39, 0.29) is 18.4 Å². The highest BCUT2D eigenvalue weighted by atomic mass is 16.5. The average molecular weight is 386 g/mol. The summed E-state index contributed by atoms with van der Waals surface area (Å²) in [6, 6.07) is 20.9. The highest BCUT2D eigenvalue weighted by molar-refractivity contribution is 6.07. The Morgan fingerprint density at radius 2 is 1.83 bits per heavy atom. The van der Waals surface area contributed by atoms with Crippen LogP contribution in [0.4, 0.5) is 11.4 Å². The molecule has 4 rings (SSSR count). The Labute approximate surface area is 169 Å². The van der Waals surface area contributed by atoms with Crippen molar-refractivity contribution in [2.24, 2.45) is 0 Å². The normalized spacial score (nSPS) is 12.9. The van der Waals surface area contributed by atoms with Crippen molar-refractivity contribution in [3.63, 3.8) is 0 Å². The molecule has 0 atom stereocenters. The molecule has 3 aromatic carbocycles. The molecule has 2 amide bonds. The maximum Gasteiger partial charge on any atom is 0.265 e. The van der Waals surface area contributed by atoms with Gasteiger partial charge in [0.25, 0.3) is 11.8 Å². The topological polar surface area (TPSA) is 58.6 Å². The molecule has 29 heavy (non-hydrogen) atoms. The third-order valence-corrected chi connectivity index (χ3v) is 4.99. The molecule has 0 unspecified atom stereocenters. The monoisotopic (exact) mass is 386 g/mol. The summed E-state index contributed by atoms with van der Waals surface area (Å²) in [6.07, 6.45) is 0. The number of rotatable bonds is 4. The average Bonchev–Trinajstić information content (AvgIpc) is 2.73. The first-order valence-electron chi connectivity index (χ1n) is 9.51. The molecule has 1 aliphatic rings. The maximum atomic E-state index is 12.9. The molecule has 1 N–H and O–H groups in total. The van der Waals surface area contributed by atoms with Gasteiger partial charge >= 0.3 is 0 Å². The number of carbonyl (C=O) groups excluding carboxylic acids is 2. The fourth-order valence-electron chi connectivity index (χ4n) is 3.35. The maximum absolute atomic E-state index is 12.9. The number of amides is 2. The van der Waals surface area contributed by atoms with Crippen molar-refractivity contribution in [3.05, 3.63) is 89.0 Å². The van der Waals surface area contributed by atoms with E-state index in [2.05, 4.69) is 5.32 Å². The number of carbonyl (C=O) groups is 2. The van der Waals surface area contributed by atoms with Crippen LogP contribution in [0.2, 0.25) is 0 Å². The molecular weight excluding hydrogens is 364 g/mol. The number of fused-ring (bicyclic) bond motifs is 1. The van der Waals surface area contributed by atoms with E-state index in [4.69, 9.17) is 4.74 Å². The van der Waals surface area contributed by atoms with Crippen molar-refractivity contribution < 1.29 is 14.3 Å². The fourth-order valence-corrected chi connectivity index (χ4v) is 3.35. The van der Waals surface area contributed by atoms with Crippen LogP contribution in [0.1, 0.15) is 27.0 Å². The van der Waals surface area contributed by atoms with E-state index in [9.17, 15) is 9.59 Å². The largest absolute Gasteiger partial charge is 0.482 e. The van der Waals surface area contributed by atoms with Gasteiger partial charge in [0.2, 0.25) is 0 Å². The quantitative estimate of drug-likeness (QED) is 0.719. The second-order valence-electron chi connectivity index (χ2n) is 7.21. The Bertz CT molecular complexity index is 1080. The smallest absolute Gasteiger partial charge is 0.265 e. The molecule has 0 saturated heterocycles. The van der Waals surface area contributed by atoms with Crippen LogP contribution in [0.15, 0.2) is 66.7 Å². The molecule has 0 saturated carbocycles.